The number of carbonyl (C=O) groups is 1. The van der Waals surface area contributed by atoms with Crippen LogP contribution in [0.3, 0.4) is 0 Å². The monoisotopic (exact) mass is 321 g/mol. The van der Waals surface area contributed by atoms with E-state index in [-0.39, 0.29) is 11.7 Å². The predicted molar refractivity (Wildman–Crippen MR) is 93.7 cm³/mol. The van der Waals surface area contributed by atoms with Gasteiger partial charge in [0.1, 0.15) is 5.82 Å². The molecule has 124 valence electrons. The van der Waals surface area contributed by atoms with E-state index in [2.05, 4.69) is 32.0 Å². The Balaban J connectivity index is 2.16. The summed E-state index contributed by atoms with van der Waals surface area (Å²) >= 11 is 0. The smallest absolute Gasteiger partial charge is 0.161 e. The van der Waals surface area contributed by atoms with Gasteiger partial charge in [-0.15, -0.1) is 0 Å². The van der Waals surface area contributed by atoms with Crippen molar-refractivity contribution in [1.82, 2.24) is 4.90 Å². The Morgan fingerprint density at radius 3 is 2.50 bits per heavy atom. The van der Waals surface area contributed by atoms with Crippen LogP contribution in [0.2, 0.25) is 0 Å². The Labute approximate surface area is 143 Å². The number of hydrogen-bond donors (Lipinski definition) is 1. The first kappa shape index (κ1) is 16.3. The molecule has 1 heterocycles. The van der Waals surface area contributed by atoms with Crippen LogP contribution in [-0.2, 0) is 4.79 Å². The lowest BCUT2D eigenvalue weighted by molar-refractivity contribution is -0.116. The van der Waals surface area contributed by atoms with Crippen LogP contribution < -0.4 is 5.73 Å². The Kier molecular flexibility index (Phi) is 4.19. The first-order valence-corrected chi connectivity index (χ1v) is 8.45. The van der Waals surface area contributed by atoms with Gasteiger partial charge < -0.3 is 10.6 Å². The minimum atomic E-state index is -0.338. The Hall–Kier alpha value is -2.54. The lowest BCUT2D eigenvalue weighted by Crippen LogP contribution is -2.36. The third-order valence-corrected chi connectivity index (χ3v) is 5.11. The molecule has 1 aromatic carbocycles. The summed E-state index contributed by atoms with van der Waals surface area (Å²) in [4.78, 5) is 14.5. The van der Waals surface area contributed by atoms with Gasteiger partial charge in [0.05, 0.1) is 17.6 Å². The van der Waals surface area contributed by atoms with Crippen molar-refractivity contribution in [2.75, 3.05) is 7.05 Å². The van der Waals surface area contributed by atoms with Crippen LogP contribution in [0.25, 0.3) is 0 Å². The maximum Gasteiger partial charge on any atom is 0.161 e. The van der Waals surface area contributed by atoms with Gasteiger partial charge in [0.2, 0.25) is 0 Å². The lowest BCUT2D eigenvalue weighted by Gasteiger charge is -2.37. The number of nitriles is 1. The minimum absolute atomic E-state index is 0.140. The van der Waals surface area contributed by atoms with E-state index in [0.29, 0.717) is 23.7 Å². The molecule has 0 radical (unpaired) electrons. The molecule has 1 atom stereocenters. The fraction of sp³-hybridized carbons (Fsp3) is 0.400. The van der Waals surface area contributed by atoms with Gasteiger partial charge in [0.15, 0.2) is 5.78 Å². The molecule has 3 rings (SSSR count). The van der Waals surface area contributed by atoms with Gasteiger partial charge in [-0.2, -0.15) is 5.26 Å². The van der Waals surface area contributed by atoms with E-state index in [1.807, 2.05) is 24.1 Å². The van der Waals surface area contributed by atoms with Crippen LogP contribution in [0.15, 0.2) is 46.9 Å². The molecule has 0 saturated heterocycles. The molecule has 0 unspecified atom stereocenters. The van der Waals surface area contributed by atoms with E-state index >= 15 is 0 Å². The topological polar surface area (TPSA) is 70.1 Å². The Bertz CT molecular complexity index is 778. The first-order chi connectivity index (χ1) is 11.5. The third kappa shape index (κ3) is 2.50. The zero-order valence-corrected chi connectivity index (χ0v) is 14.5. The maximum absolute atomic E-state index is 12.6. The van der Waals surface area contributed by atoms with Crippen molar-refractivity contribution in [3.05, 3.63) is 58.1 Å². The summed E-state index contributed by atoms with van der Waals surface area (Å²) in [5, 5.41) is 9.68. The second-order valence-corrected chi connectivity index (χ2v) is 6.86. The molecule has 4 heteroatoms. The number of nitrogens with two attached hydrogens (primary N) is 1. The van der Waals surface area contributed by atoms with Gasteiger partial charge in [0.25, 0.3) is 0 Å². The normalized spacial score (nSPS) is 21.2. The summed E-state index contributed by atoms with van der Waals surface area (Å²) in [7, 11) is 1.85. The number of Topliss-reactive ketones (excluding diaryl/α,β-unsaturated/α-hetero) is 1. The molecule has 0 spiro atoms. The van der Waals surface area contributed by atoms with E-state index in [9.17, 15) is 10.1 Å². The molecule has 1 aliphatic heterocycles. The van der Waals surface area contributed by atoms with E-state index in [1.54, 1.807) is 0 Å². The molecule has 0 fully saturated rings. The molecule has 2 N–H and O–H groups in total. The number of ketones is 1. The summed E-state index contributed by atoms with van der Waals surface area (Å²) < 4.78 is 0. The summed E-state index contributed by atoms with van der Waals surface area (Å²) in [6, 6.07) is 10.5. The van der Waals surface area contributed by atoms with E-state index in [1.165, 1.54) is 5.56 Å². The van der Waals surface area contributed by atoms with Crippen LogP contribution in [0.5, 0.6) is 0 Å². The predicted octanol–water partition coefficient (Wildman–Crippen LogP) is 3.54. The highest BCUT2D eigenvalue weighted by molar-refractivity contribution is 5.99. The molecule has 0 aromatic heterocycles. The number of carbonyl (C=O) groups excluding carboxylic acids is 1. The first-order valence-electron chi connectivity index (χ1n) is 8.45. The number of rotatable bonds is 2. The van der Waals surface area contributed by atoms with Crippen molar-refractivity contribution in [2.24, 2.45) is 5.73 Å². The molecule has 0 amide bonds. The van der Waals surface area contributed by atoms with Crippen LogP contribution in [0.4, 0.5) is 0 Å². The standard InChI is InChI=1S/C20H23N3O/c1-12(2)13-7-9-14(10-8-13)18-15(11-21)20(22)23(3)16-5-4-6-17(24)19(16)18/h7-10,12,18H,4-6,22H2,1-3H3/t18-/m1/s1. The highest BCUT2D eigenvalue weighted by atomic mass is 16.1. The highest BCUT2D eigenvalue weighted by Crippen LogP contribution is 2.44. The summed E-state index contributed by atoms with van der Waals surface area (Å²) in [5.74, 6) is 0.707. The number of hydrogen-bond acceptors (Lipinski definition) is 4. The maximum atomic E-state index is 12.6. The zero-order chi connectivity index (χ0) is 17.4. The van der Waals surface area contributed by atoms with Crippen LogP contribution in [0, 0.1) is 11.3 Å². The molecule has 1 aromatic rings. The van der Waals surface area contributed by atoms with Crippen LogP contribution >= 0.6 is 0 Å². The largest absolute Gasteiger partial charge is 0.384 e. The van der Waals surface area contributed by atoms with Crippen LogP contribution in [0.1, 0.15) is 56.1 Å². The summed E-state index contributed by atoms with van der Waals surface area (Å²) in [6.07, 6.45) is 2.22. The van der Waals surface area contributed by atoms with Crippen molar-refractivity contribution in [3.8, 4) is 6.07 Å². The molecular weight excluding hydrogens is 298 g/mol. The molecule has 1 aliphatic carbocycles. The van der Waals surface area contributed by atoms with Gasteiger partial charge in [0, 0.05) is 24.7 Å². The van der Waals surface area contributed by atoms with Crippen molar-refractivity contribution in [1.29, 1.82) is 5.26 Å². The molecule has 4 nitrogen and oxygen atoms in total. The van der Waals surface area contributed by atoms with Crippen molar-refractivity contribution in [3.63, 3.8) is 0 Å². The Morgan fingerprint density at radius 1 is 1.25 bits per heavy atom. The average Bonchev–Trinajstić information content (AvgIpc) is 2.58. The van der Waals surface area contributed by atoms with E-state index < -0.39 is 0 Å². The van der Waals surface area contributed by atoms with Crippen molar-refractivity contribution in [2.45, 2.75) is 44.9 Å². The Morgan fingerprint density at radius 2 is 1.92 bits per heavy atom. The second-order valence-electron chi connectivity index (χ2n) is 6.86. The van der Waals surface area contributed by atoms with Crippen molar-refractivity contribution >= 4 is 5.78 Å². The highest BCUT2D eigenvalue weighted by Gasteiger charge is 2.38. The van der Waals surface area contributed by atoms with Gasteiger partial charge in [-0.25, -0.2) is 0 Å². The number of benzene rings is 1. The van der Waals surface area contributed by atoms with Crippen molar-refractivity contribution < 1.29 is 4.79 Å². The fourth-order valence-corrected chi connectivity index (χ4v) is 3.67. The number of nitrogens with zero attached hydrogens (tertiary/aromatic N) is 2. The van der Waals surface area contributed by atoms with E-state index in [4.69, 9.17) is 5.73 Å². The third-order valence-electron chi connectivity index (χ3n) is 5.11. The minimum Gasteiger partial charge on any atom is -0.384 e. The van der Waals surface area contributed by atoms with Gasteiger partial charge in [-0.1, -0.05) is 38.1 Å². The average molecular weight is 321 g/mol. The quantitative estimate of drug-likeness (QED) is 0.904. The number of allylic oxidation sites excluding steroid dienone is 3. The molecule has 2 aliphatic rings. The SMILES string of the molecule is CC(C)c1ccc([C@@H]2C(C#N)=C(N)N(C)C3=C2C(=O)CCC3)cc1. The molecular formula is C20H23N3O. The van der Waals surface area contributed by atoms with Gasteiger partial charge in [-0.3, -0.25) is 4.79 Å². The summed E-state index contributed by atoms with van der Waals surface area (Å²) in [5.41, 5.74) is 10.6. The molecule has 24 heavy (non-hydrogen) atoms. The fourth-order valence-electron chi connectivity index (χ4n) is 3.67. The van der Waals surface area contributed by atoms with Gasteiger partial charge >= 0.3 is 0 Å². The van der Waals surface area contributed by atoms with E-state index in [0.717, 1.165) is 29.7 Å². The zero-order valence-electron chi connectivity index (χ0n) is 14.5. The molecule has 0 bridgehead atoms. The van der Waals surface area contributed by atoms with Gasteiger partial charge in [-0.05, 0) is 29.9 Å². The second kappa shape index (κ2) is 6.16. The van der Waals surface area contributed by atoms with Crippen LogP contribution in [-0.4, -0.2) is 17.7 Å². The molecule has 0 saturated carbocycles. The summed E-state index contributed by atoms with van der Waals surface area (Å²) in [6.45, 7) is 4.29. The lowest BCUT2D eigenvalue weighted by atomic mass is 9.75.